The molecular weight excluding hydrogens is 205 g/mol. The summed E-state index contributed by atoms with van der Waals surface area (Å²) in [5, 5.41) is 12.2. The Morgan fingerprint density at radius 2 is 1.94 bits per heavy atom. The van der Waals surface area contributed by atoms with Crippen LogP contribution in [-0.2, 0) is 0 Å². The third-order valence-corrected chi connectivity index (χ3v) is 2.55. The van der Waals surface area contributed by atoms with Crippen molar-refractivity contribution in [2.24, 2.45) is 0 Å². The summed E-state index contributed by atoms with van der Waals surface area (Å²) in [6.45, 7) is 0.601. The summed E-state index contributed by atoms with van der Waals surface area (Å²) in [5.74, 6) is 0. The normalized spacial score (nSPS) is 12.6. The number of benzene rings is 1. The van der Waals surface area contributed by atoms with Crippen LogP contribution in [0.2, 0.25) is 0 Å². The lowest BCUT2D eigenvalue weighted by Gasteiger charge is -2.18. The number of nitrogens with one attached hydrogen (secondary N) is 1. The lowest BCUT2D eigenvalue weighted by molar-refractivity contribution is 0.274. The average Bonchev–Trinajstić information content (AvgIpc) is 2.35. The second-order valence-corrected chi connectivity index (χ2v) is 3.83. The molecule has 2 N–H and O–H groups in total. The molecule has 2 nitrogen and oxygen atoms in total. The fourth-order valence-electron chi connectivity index (χ4n) is 1.71. The molecule has 1 unspecified atom stereocenters. The first kappa shape index (κ1) is 13.1. The average molecular weight is 225 g/mol. The van der Waals surface area contributed by atoms with E-state index >= 15 is 0 Å². The van der Waals surface area contributed by atoms with Crippen molar-refractivity contribution < 1.29 is 9.50 Å². The minimum Gasteiger partial charge on any atom is -0.396 e. The first-order valence-corrected chi connectivity index (χ1v) is 5.83. The van der Waals surface area contributed by atoms with E-state index in [1.807, 2.05) is 18.2 Å². The summed E-state index contributed by atoms with van der Waals surface area (Å²) in [4.78, 5) is 0. The van der Waals surface area contributed by atoms with Gasteiger partial charge >= 0.3 is 0 Å². The standard InChI is InChI=1S/C13H20FNO/c14-9-5-10-15-13(8-4-11-16)12-6-2-1-3-7-12/h1-3,6-7,13,15-16H,4-5,8-11H2. The Morgan fingerprint density at radius 1 is 1.19 bits per heavy atom. The van der Waals surface area contributed by atoms with Gasteiger partial charge in [-0.2, -0.15) is 0 Å². The SMILES string of the molecule is OCCCC(NCCCF)c1ccccc1. The van der Waals surface area contributed by atoms with Gasteiger partial charge in [0, 0.05) is 12.6 Å². The van der Waals surface area contributed by atoms with Crippen molar-refractivity contribution in [3.05, 3.63) is 35.9 Å². The van der Waals surface area contributed by atoms with Gasteiger partial charge in [0.1, 0.15) is 0 Å². The topological polar surface area (TPSA) is 32.3 Å². The van der Waals surface area contributed by atoms with Crippen molar-refractivity contribution in [3.8, 4) is 0 Å². The number of alkyl halides is 1. The van der Waals surface area contributed by atoms with Gasteiger partial charge in [-0.05, 0) is 31.4 Å². The first-order valence-electron chi connectivity index (χ1n) is 5.83. The minimum absolute atomic E-state index is 0.203. The largest absolute Gasteiger partial charge is 0.396 e. The molecule has 1 atom stereocenters. The van der Waals surface area contributed by atoms with Crippen molar-refractivity contribution in [1.82, 2.24) is 5.32 Å². The third-order valence-electron chi connectivity index (χ3n) is 2.55. The molecule has 3 heteroatoms. The van der Waals surface area contributed by atoms with Crippen LogP contribution in [0, 0.1) is 0 Å². The maximum Gasteiger partial charge on any atom is 0.0906 e. The van der Waals surface area contributed by atoms with Gasteiger partial charge in [-0.15, -0.1) is 0 Å². The molecule has 0 saturated heterocycles. The van der Waals surface area contributed by atoms with Crippen LogP contribution in [-0.4, -0.2) is 24.9 Å². The molecule has 0 heterocycles. The van der Waals surface area contributed by atoms with E-state index in [2.05, 4.69) is 17.4 Å². The lowest BCUT2D eigenvalue weighted by atomic mass is 10.0. The number of aliphatic hydroxyl groups is 1. The van der Waals surface area contributed by atoms with E-state index in [1.54, 1.807) is 0 Å². The monoisotopic (exact) mass is 225 g/mol. The minimum atomic E-state index is -0.283. The van der Waals surface area contributed by atoms with E-state index in [1.165, 1.54) is 5.56 Å². The van der Waals surface area contributed by atoms with Crippen LogP contribution in [0.25, 0.3) is 0 Å². The Hall–Kier alpha value is -0.930. The van der Waals surface area contributed by atoms with E-state index in [4.69, 9.17) is 5.11 Å². The maximum atomic E-state index is 12.0. The Labute approximate surface area is 96.5 Å². The molecule has 1 rings (SSSR count). The first-order chi connectivity index (χ1) is 7.88. The fourth-order valence-corrected chi connectivity index (χ4v) is 1.71. The zero-order valence-electron chi connectivity index (χ0n) is 9.53. The van der Waals surface area contributed by atoms with Gasteiger partial charge in [-0.25, -0.2) is 0 Å². The van der Waals surface area contributed by atoms with Crippen LogP contribution in [0.1, 0.15) is 30.9 Å². The zero-order valence-corrected chi connectivity index (χ0v) is 9.53. The van der Waals surface area contributed by atoms with Gasteiger partial charge in [0.15, 0.2) is 0 Å². The quantitative estimate of drug-likeness (QED) is 0.666. The third kappa shape index (κ3) is 4.73. The van der Waals surface area contributed by atoms with Crippen LogP contribution in [0.5, 0.6) is 0 Å². The van der Waals surface area contributed by atoms with Crippen molar-refractivity contribution in [2.75, 3.05) is 19.8 Å². The summed E-state index contributed by atoms with van der Waals surface area (Å²) in [7, 11) is 0. The van der Waals surface area contributed by atoms with Gasteiger partial charge < -0.3 is 10.4 Å². The molecule has 90 valence electrons. The molecule has 0 bridgehead atoms. The fraction of sp³-hybridized carbons (Fsp3) is 0.538. The van der Waals surface area contributed by atoms with Gasteiger partial charge in [-0.3, -0.25) is 4.39 Å². The van der Waals surface area contributed by atoms with Gasteiger partial charge in [0.2, 0.25) is 0 Å². The lowest BCUT2D eigenvalue weighted by Crippen LogP contribution is -2.23. The molecule has 1 aromatic carbocycles. The number of hydrogen-bond donors (Lipinski definition) is 2. The van der Waals surface area contributed by atoms with Crippen molar-refractivity contribution in [3.63, 3.8) is 0 Å². The summed E-state index contributed by atoms with van der Waals surface area (Å²) in [6.07, 6.45) is 2.19. The van der Waals surface area contributed by atoms with Crippen LogP contribution < -0.4 is 5.32 Å². The number of aliphatic hydroxyl groups excluding tert-OH is 1. The maximum absolute atomic E-state index is 12.0. The molecule has 0 radical (unpaired) electrons. The highest BCUT2D eigenvalue weighted by Gasteiger charge is 2.09. The summed E-state index contributed by atoms with van der Waals surface area (Å²) in [6, 6.07) is 10.3. The molecular formula is C13H20FNO. The highest BCUT2D eigenvalue weighted by molar-refractivity contribution is 5.18. The number of halogens is 1. The molecule has 0 aromatic heterocycles. The summed E-state index contributed by atoms with van der Waals surface area (Å²) < 4.78 is 12.0. The Morgan fingerprint density at radius 3 is 2.56 bits per heavy atom. The summed E-state index contributed by atoms with van der Waals surface area (Å²) in [5.41, 5.74) is 1.20. The molecule has 0 amide bonds. The Balaban J connectivity index is 2.49. The predicted octanol–water partition coefficient (Wildman–Crippen LogP) is 2.45. The van der Waals surface area contributed by atoms with E-state index in [9.17, 15) is 4.39 Å². The van der Waals surface area contributed by atoms with E-state index < -0.39 is 0 Å². The highest BCUT2D eigenvalue weighted by Crippen LogP contribution is 2.17. The van der Waals surface area contributed by atoms with E-state index in [0.717, 1.165) is 12.8 Å². The van der Waals surface area contributed by atoms with Crippen molar-refractivity contribution in [2.45, 2.75) is 25.3 Å². The van der Waals surface area contributed by atoms with Crippen LogP contribution in [0.4, 0.5) is 4.39 Å². The molecule has 0 spiro atoms. The van der Waals surface area contributed by atoms with E-state index in [-0.39, 0.29) is 19.3 Å². The Bertz CT molecular complexity index is 266. The Kier molecular flexibility index (Phi) is 6.77. The molecule has 0 saturated carbocycles. The van der Waals surface area contributed by atoms with Crippen molar-refractivity contribution >= 4 is 0 Å². The molecule has 0 aliphatic heterocycles. The second-order valence-electron chi connectivity index (χ2n) is 3.83. The second kappa shape index (κ2) is 8.25. The van der Waals surface area contributed by atoms with Gasteiger partial charge in [0.05, 0.1) is 6.67 Å². The highest BCUT2D eigenvalue weighted by atomic mass is 19.1. The smallest absolute Gasteiger partial charge is 0.0906 e. The van der Waals surface area contributed by atoms with Crippen LogP contribution in [0.15, 0.2) is 30.3 Å². The molecule has 1 aromatic rings. The predicted molar refractivity (Wildman–Crippen MR) is 64.1 cm³/mol. The summed E-state index contributed by atoms with van der Waals surface area (Å²) >= 11 is 0. The number of hydrogen-bond acceptors (Lipinski definition) is 2. The molecule has 0 aliphatic carbocycles. The number of rotatable bonds is 8. The molecule has 16 heavy (non-hydrogen) atoms. The molecule has 0 fully saturated rings. The van der Waals surface area contributed by atoms with Crippen LogP contribution >= 0.6 is 0 Å². The van der Waals surface area contributed by atoms with Gasteiger partial charge in [0.25, 0.3) is 0 Å². The van der Waals surface area contributed by atoms with Crippen LogP contribution in [0.3, 0.4) is 0 Å². The van der Waals surface area contributed by atoms with E-state index in [0.29, 0.717) is 13.0 Å². The van der Waals surface area contributed by atoms with Crippen molar-refractivity contribution in [1.29, 1.82) is 0 Å². The zero-order chi connectivity index (χ0) is 11.6. The van der Waals surface area contributed by atoms with Gasteiger partial charge in [-0.1, -0.05) is 30.3 Å². The molecule has 0 aliphatic rings.